The Kier molecular flexibility index (Phi) is 8.18. The van der Waals surface area contributed by atoms with Crippen molar-refractivity contribution < 1.29 is 38.7 Å². The van der Waals surface area contributed by atoms with Gasteiger partial charge in [-0.25, -0.2) is 0 Å². The molecule has 1 aromatic carbocycles. The lowest BCUT2D eigenvalue weighted by atomic mass is 9.63. The lowest BCUT2D eigenvalue weighted by Gasteiger charge is -2.44. The number of benzene rings is 1. The molecule has 158 valence electrons. The van der Waals surface area contributed by atoms with E-state index in [9.17, 15) is 23.1 Å². The molecule has 6 N–H and O–H groups in total. The summed E-state index contributed by atoms with van der Waals surface area (Å²) in [6.45, 7) is 4.35. The molecular formula is C18H25F3N2O4S. The number of nitrogens with two attached hydrogens (primary N) is 1. The number of carboxylic acid groups (broad SMARTS) is 1. The van der Waals surface area contributed by atoms with Crippen molar-refractivity contribution in [3.05, 3.63) is 29.3 Å². The maximum Gasteiger partial charge on any atom is 0.430 e. The molecule has 2 rings (SSSR count). The number of thioether (sulfide) groups is 1. The molecule has 0 aromatic heterocycles. The van der Waals surface area contributed by atoms with Crippen molar-refractivity contribution in [3.63, 3.8) is 0 Å². The lowest BCUT2D eigenvalue weighted by molar-refractivity contribution is -0.439. The number of hydrogen-bond acceptors (Lipinski definition) is 5. The summed E-state index contributed by atoms with van der Waals surface area (Å²) in [4.78, 5) is 19.9. The third kappa shape index (κ3) is 5.54. The fraction of sp³-hybridized carbons (Fsp3) is 0.556. The van der Waals surface area contributed by atoms with Crippen LogP contribution in [0.3, 0.4) is 0 Å². The van der Waals surface area contributed by atoms with Gasteiger partial charge in [0, 0.05) is 5.41 Å². The summed E-state index contributed by atoms with van der Waals surface area (Å²) >= 11 is 1.61. The minimum atomic E-state index is -5.19. The number of hydrogen-bond donors (Lipinski definition) is 3. The Labute approximate surface area is 165 Å². The van der Waals surface area contributed by atoms with Crippen molar-refractivity contribution >= 4 is 23.6 Å². The van der Waals surface area contributed by atoms with Crippen molar-refractivity contribution in [1.29, 1.82) is 0 Å². The van der Waals surface area contributed by atoms with Crippen LogP contribution in [0.25, 0.3) is 0 Å². The molecule has 1 amide bonds. The molecule has 28 heavy (non-hydrogen) atoms. The molecule has 1 aliphatic rings. The van der Waals surface area contributed by atoms with E-state index < -0.39 is 12.1 Å². The summed E-state index contributed by atoms with van der Waals surface area (Å²) in [5.74, 6) is -2.63. The third-order valence-electron chi connectivity index (χ3n) is 5.14. The number of phenolic OH excluding ortho intramolecular Hbond substituents is 1. The van der Waals surface area contributed by atoms with Gasteiger partial charge in [-0.2, -0.15) is 13.2 Å². The zero-order valence-corrected chi connectivity index (χ0v) is 16.5. The molecule has 10 heteroatoms. The van der Waals surface area contributed by atoms with E-state index in [1.165, 1.54) is 11.1 Å². The SMILES string of the molecule is CCC1(CC)c2cc(O)ccc2CC(SCC(N)=O)C1[NH3+].O=C([O-])C(F)(F)F. The average Bonchev–Trinajstić information content (AvgIpc) is 2.60. The second kappa shape index (κ2) is 9.51. The fourth-order valence-corrected chi connectivity index (χ4v) is 4.81. The highest BCUT2D eigenvalue weighted by atomic mass is 32.2. The Morgan fingerprint density at radius 3 is 2.32 bits per heavy atom. The van der Waals surface area contributed by atoms with E-state index in [1.54, 1.807) is 17.8 Å². The summed E-state index contributed by atoms with van der Waals surface area (Å²) < 4.78 is 31.5. The molecular weight excluding hydrogens is 397 g/mol. The number of halogens is 3. The fourth-order valence-electron chi connectivity index (χ4n) is 3.64. The van der Waals surface area contributed by atoms with Crippen LogP contribution < -0.4 is 16.6 Å². The van der Waals surface area contributed by atoms with Gasteiger partial charge in [-0.1, -0.05) is 19.9 Å². The Balaban J connectivity index is 0.000000480. The molecule has 2 unspecified atom stereocenters. The minimum absolute atomic E-state index is 0.0400. The molecule has 0 aliphatic heterocycles. The predicted molar refractivity (Wildman–Crippen MR) is 97.2 cm³/mol. The van der Waals surface area contributed by atoms with Crippen LogP contribution in [0, 0.1) is 0 Å². The number of fused-ring (bicyclic) bond motifs is 1. The van der Waals surface area contributed by atoms with E-state index in [-0.39, 0.29) is 22.6 Å². The molecule has 1 aliphatic carbocycles. The highest BCUT2D eigenvalue weighted by Gasteiger charge is 2.47. The summed E-state index contributed by atoms with van der Waals surface area (Å²) in [6.07, 6.45) is -2.37. The standard InChI is InChI=1S/C16H24N2O2S.C2HF3O2/c1-3-16(4-2)12-8-11(19)6-5-10(12)7-13(15(16)18)21-9-14(17)20;3-2(4,5)1(6)7/h5-6,8,13,15,19H,3-4,7,9,18H2,1-2H3,(H2,17,20);(H,6,7). The van der Waals surface area contributed by atoms with Gasteiger partial charge < -0.3 is 26.5 Å². The molecule has 1 aromatic rings. The van der Waals surface area contributed by atoms with Crippen LogP contribution >= 0.6 is 11.8 Å². The van der Waals surface area contributed by atoms with Crippen LogP contribution in [0.1, 0.15) is 37.8 Å². The number of carbonyl (C=O) groups excluding carboxylic acids is 2. The van der Waals surface area contributed by atoms with Gasteiger partial charge in [0.15, 0.2) is 0 Å². The summed E-state index contributed by atoms with van der Waals surface area (Å²) in [7, 11) is 0. The van der Waals surface area contributed by atoms with Gasteiger partial charge in [0.25, 0.3) is 0 Å². The topological polar surface area (TPSA) is 131 Å². The van der Waals surface area contributed by atoms with Crippen molar-refractivity contribution in [2.24, 2.45) is 5.73 Å². The van der Waals surface area contributed by atoms with Crippen LogP contribution in [0.4, 0.5) is 13.2 Å². The number of phenols is 1. The molecule has 6 nitrogen and oxygen atoms in total. The van der Waals surface area contributed by atoms with Crippen molar-refractivity contribution in [2.75, 3.05) is 5.75 Å². The molecule has 0 saturated carbocycles. The Morgan fingerprint density at radius 1 is 1.36 bits per heavy atom. The number of carboxylic acids is 1. The van der Waals surface area contributed by atoms with Crippen LogP contribution in [0.15, 0.2) is 18.2 Å². The van der Waals surface area contributed by atoms with Gasteiger partial charge in [0.05, 0.1) is 11.0 Å². The molecule has 0 saturated heterocycles. The summed E-state index contributed by atoms with van der Waals surface area (Å²) in [5, 5.41) is 18.9. The smallest absolute Gasteiger partial charge is 0.430 e. The van der Waals surface area contributed by atoms with Crippen molar-refractivity contribution in [1.82, 2.24) is 0 Å². The molecule has 0 radical (unpaired) electrons. The van der Waals surface area contributed by atoms with E-state index in [2.05, 4.69) is 19.6 Å². The van der Waals surface area contributed by atoms with E-state index >= 15 is 0 Å². The second-order valence-electron chi connectivity index (χ2n) is 6.62. The number of primary amides is 1. The zero-order chi connectivity index (χ0) is 21.7. The van der Waals surface area contributed by atoms with E-state index in [0.717, 1.165) is 19.3 Å². The van der Waals surface area contributed by atoms with E-state index in [4.69, 9.17) is 15.6 Å². The van der Waals surface area contributed by atoms with Gasteiger partial charge in [-0.15, -0.1) is 11.8 Å². The van der Waals surface area contributed by atoms with Crippen LogP contribution in [0.2, 0.25) is 0 Å². The van der Waals surface area contributed by atoms with Gasteiger partial charge >= 0.3 is 6.18 Å². The number of rotatable bonds is 5. The quantitative estimate of drug-likeness (QED) is 0.636. The number of amides is 1. The normalized spacial score (nSPS) is 20.5. The number of alkyl halides is 3. The molecule has 0 spiro atoms. The number of aromatic hydroxyl groups is 1. The van der Waals surface area contributed by atoms with Gasteiger partial charge in [0.1, 0.15) is 17.8 Å². The first-order valence-corrected chi connectivity index (χ1v) is 9.77. The average molecular weight is 422 g/mol. The van der Waals surface area contributed by atoms with Crippen molar-refractivity contribution in [3.8, 4) is 5.75 Å². The Bertz CT molecular complexity index is 709. The largest absolute Gasteiger partial charge is 0.542 e. The van der Waals surface area contributed by atoms with Gasteiger partial charge in [0.2, 0.25) is 5.91 Å². The van der Waals surface area contributed by atoms with E-state index in [0.29, 0.717) is 11.5 Å². The first-order valence-electron chi connectivity index (χ1n) is 8.72. The molecule has 2 atom stereocenters. The highest BCUT2D eigenvalue weighted by Crippen LogP contribution is 2.45. The Morgan fingerprint density at radius 2 is 1.89 bits per heavy atom. The molecule has 0 bridgehead atoms. The minimum Gasteiger partial charge on any atom is -0.542 e. The maximum atomic E-state index is 11.1. The lowest BCUT2D eigenvalue weighted by Crippen LogP contribution is -2.75. The number of carbonyl (C=O) groups is 2. The van der Waals surface area contributed by atoms with Gasteiger partial charge in [-0.3, -0.25) is 4.79 Å². The predicted octanol–water partition coefficient (Wildman–Crippen LogP) is 0.502. The van der Waals surface area contributed by atoms with Crippen molar-refractivity contribution in [2.45, 2.75) is 56.0 Å². The third-order valence-corrected chi connectivity index (χ3v) is 6.52. The van der Waals surface area contributed by atoms with Crippen LogP contribution in [-0.2, 0) is 21.4 Å². The monoisotopic (exact) mass is 422 g/mol. The van der Waals surface area contributed by atoms with Crippen LogP contribution in [-0.4, -0.2) is 40.2 Å². The maximum absolute atomic E-state index is 11.1. The number of aliphatic carboxylic acids is 1. The highest BCUT2D eigenvalue weighted by molar-refractivity contribution is 8.00. The zero-order valence-electron chi connectivity index (χ0n) is 15.7. The summed E-state index contributed by atoms with van der Waals surface area (Å²) in [6, 6.07) is 5.85. The summed E-state index contributed by atoms with van der Waals surface area (Å²) in [5.41, 5.74) is 12.2. The first-order chi connectivity index (χ1) is 12.9. The van der Waals surface area contributed by atoms with Crippen LogP contribution in [0.5, 0.6) is 5.75 Å². The van der Waals surface area contributed by atoms with Gasteiger partial charge in [-0.05, 0) is 42.5 Å². The second-order valence-corrected chi connectivity index (χ2v) is 7.84. The number of quaternary nitrogens is 1. The molecule has 0 heterocycles. The first kappa shape index (κ1) is 24.1. The van der Waals surface area contributed by atoms with E-state index in [1.807, 2.05) is 12.1 Å². The molecule has 0 fully saturated rings. The Hall–Kier alpha value is -1.94.